The molecule has 0 bridgehead atoms. The predicted molar refractivity (Wildman–Crippen MR) is 122 cm³/mol. The molecule has 3 rings (SSSR count). The van der Waals surface area contributed by atoms with Gasteiger partial charge in [-0.05, 0) is 69.9 Å². The molecule has 5 nitrogen and oxygen atoms in total. The zero-order valence-corrected chi connectivity index (χ0v) is 19.3. The maximum atomic E-state index is 13.5. The molecule has 0 unspecified atom stereocenters. The van der Waals surface area contributed by atoms with E-state index in [2.05, 4.69) is 43.7 Å². The van der Waals surface area contributed by atoms with Crippen LogP contribution in [0, 0.1) is 13.8 Å². The van der Waals surface area contributed by atoms with Gasteiger partial charge < -0.3 is 9.80 Å². The molecular weight excluding hydrogens is 374 g/mol. The molecule has 1 fully saturated rings. The monoisotopic (exact) mass is 411 g/mol. The Hall–Kier alpha value is -2.14. The van der Waals surface area contributed by atoms with Crippen molar-refractivity contribution in [1.82, 2.24) is 14.7 Å². The van der Waals surface area contributed by atoms with Gasteiger partial charge in [0.2, 0.25) is 0 Å². The van der Waals surface area contributed by atoms with Crippen LogP contribution in [0.25, 0.3) is 5.57 Å². The van der Waals surface area contributed by atoms with Gasteiger partial charge in [-0.3, -0.25) is 14.5 Å². The lowest BCUT2D eigenvalue weighted by molar-refractivity contribution is -0.137. The van der Waals surface area contributed by atoms with E-state index in [0.717, 1.165) is 62.7 Å². The number of rotatable bonds is 8. The number of likely N-dealkylation sites (N-methyl/N-ethyl adjacent to an activating group) is 1. The third-order valence-corrected chi connectivity index (χ3v) is 6.76. The van der Waals surface area contributed by atoms with Crippen molar-refractivity contribution in [3.8, 4) is 0 Å². The van der Waals surface area contributed by atoms with E-state index < -0.39 is 0 Å². The molecule has 2 amide bonds. The Labute approximate surface area is 181 Å². The number of imide groups is 1. The quantitative estimate of drug-likeness (QED) is 0.479. The molecule has 1 aromatic carbocycles. The van der Waals surface area contributed by atoms with Crippen molar-refractivity contribution >= 4 is 17.4 Å². The van der Waals surface area contributed by atoms with Gasteiger partial charge in [-0.1, -0.05) is 44.4 Å². The summed E-state index contributed by atoms with van der Waals surface area (Å²) < 4.78 is 0. The number of amides is 2. The Kier molecular flexibility index (Phi) is 7.35. The lowest BCUT2D eigenvalue weighted by Crippen LogP contribution is -2.43. The summed E-state index contributed by atoms with van der Waals surface area (Å²) in [6.07, 6.45) is 6.21. The molecule has 2 aliphatic rings. The van der Waals surface area contributed by atoms with Gasteiger partial charge in [-0.15, -0.1) is 0 Å². The first kappa shape index (κ1) is 22.5. The molecule has 30 heavy (non-hydrogen) atoms. The summed E-state index contributed by atoms with van der Waals surface area (Å²) in [7, 11) is 4.14. The Balaban J connectivity index is 1.94. The molecule has 5 heteroatoms. The maximum Gasteiger partial charge on any atom is 0.277 e. The van der Waals surface area contributed by atoms with Gasteiger partial charge in [0, 0.05) is 19.6 Å². The number of aryl methyl sites for hydroxylation is 2. The number of unbranched alkanes of at least 4 members (excludes halogenated alkanes) is 3. The molecule has 0 spiro atoms. The Morgan fingerprint density at radius 2 is 1.70 bits per heavy atom. The Bertz CT molecular complexity index is 822. The predicted octanol–water partition coefficient (Wildman–Crippen LogP) is 3.99. The highest BCUT2D eigenvalue weighted by atomic mass is 16.2. The van der Waals surface area contributed by atoms with Crippen LogP contribution in [0.15, 0.2) is 23.9 Å². The zero-order chi connectivity index (χ0) is 21.8. The molecule has 0 aromatic heterocycles. The maximum absolute atomic E-state index is 13.5. The van der Waals surface area contributed by atoms with Gasteiger partial charge >= 0.3 is 0 Å². The zero-order valence-electron chi connectivity index (χ0n) is 19.3. The van der Waals surface area contributed by atoms with Crippen molar-refractivity contribution in [2.45, 2.75) is 65.3 Å². The third kappa shape index (κ3) is 4.61. The van der Waals surface area contributed by atoms with E-state index in [4.69, 9.17) is 0 Å². The number of likely N-dealkylation sites (tertiary alicyclic amines) is 1. The Morgan fingerprint density at radius 3 is 2.33 bits per heavy atom. The molecule has 1 aromatic rings. The molecule has 0 radical (unpaired) electrons. The molecule has 2 heterocycles. The van der Waals surface area contributed by atoms with Gasteiger partial charge in [0.15, 0.2) is 0 Å². The second-order valence-corrected chi connectivity index (χ2v) is 8.99. The minimum absolute atomic E-state index is 0.119. The summed E-state index contributed by atoms with van der Waals surface area (Å²) in [5.41, 5.74) is 4.37. The van der Waals surface area contributed by atoms with E-state index in [9.17, 15) is 9.59 Å². The largest absolute Gasteiger partial charge is 0.366 e. The standard InChI is InChI=1S/C25H37N3O2/c1-6-7-8-9-14-28-24(29)22(20-11-10-18(2)19(3)17-20)23(25(28)30)27(5)21-12-15-26(4)16-13-21/h10-11,17,21H,6-9,12-16H2,1-5H3. The number of hydrogen-bond acceptors (Lipinski definition) is 4. The number of hydrogen-bond donors (Lipinski definition) is 0. The fourth-order valence-corrected chi connectivity index (χ4v) is 4.51. The molecule has 2 aliphatic heterocycles. The van der Waals surface area contributed by atoms with E-state index in [0.29, 0.717) is 17.8 Å². The average molecular weight is 412 g/mol. The van der Waals surface area contributed by atoms with E-state index in [1.165, 1.54) is 10.5 Å². The highest BCUT2D eigenvalue weighted by molar-refractivity contribution is 6.35. The number of carbonyl (C=O) groups is 2. The minimum Gasteiger partial charge on any atom is -0.366 e. The first-order valence-electron chi connectivity index (χ1n) is 11.4. The van der Waals surface area contributed by atoms with Crippen molar-refractivity contribution < 1.29 is 9.59 Å². The van der Waals surface area contributed by atoms with Crippen molar-refractivity contribution in [3.05, 3.63) is 40.6 Å². The topological polar surface area (TPSA) is 43.9 Å². The smallest absolute Gasteiger partial charge is 0.277 e. The Morgan fingerprint density at radius 1 is 1.00 bits per heavy atom. The second kappa shape index (κ2) is 9.78. The third-order valence-electron chi connectivity index (χ3n) is 6.76. The summed E-state index contributed by atoms with van der Waals surface area (Å²) >= 11 is 0. The van der Waals surface area contributed by atoms with Crippen LogP contribution < -0.4 is 0 Å². The van der Waals surface area contributed by atoms with Gasteiger partial charge in [0.25, 0.3) is 11.8 Å². The van der Waals surface area contributed by atoms with Crippen LogP contribution in [0.5, 0.6) is 0 Å². The second-order valence-electron chi connectivity index (χ2n) is 8.99. The normalized spacial score (nSPS) is 18.6. The lowest BCUT2D eigenvalue weighted by Gasteiger charge is -2.36. The SMILES string of the molecule is CCCCCCN1C(=O)C(c2ccc(C)c(C)c2)=C(N(C)C2CCN(C)CC2)C1=O. The summed E-state index contributed by atoms with van der Waals surface area (Å²) in [5, 5.41) is 0. The summed E-state index contributed by atoms with van der Waals surface area (Å²) in [4.78, 5) is 32.8. The molecule has 0 N–H and O–H groups in total. The number of nitrogens with zero attached hydrogens (tertiary/aromatic N) is 3. The fraction of sp³-hybridized carbons (Fsp3) is 0.600. The van der Waals surface area contributed by atoms with Gasteiger partial charge in [0.05, 0.1) is 5.57 Å². The van der Waals surface area contributed by atoms with Crippen molar-refractivity contribution in [2.75, 3.05) is 33.7 Å². The van der Waals surface area contributed by atoms with Gasteiger partial charge in [-0.25, -0.2) is 0 Å². The number of piperidine rings is 1. The van der Waals surface area contributed by atoms with E-state index in [1.807, 2.05) is 19.2 Å². The van der Waals surface area contributed by atoms with Crippen LogP contribution >= 0.6 is 0 Å². The minimum atomic E-state index is -0.130. The lowest BCUT2D eigenvalue weighted by atomic mass is 9.97. The first-order chi connectivity index (χ1) is 14.3. The van der Waals surface area contributed by atoms with Crippen LogP contribution in [0.1, 0.15) is 62.1 Å². The highest BCUT2D eigenvalue weighted by Crippen LogP contribution is 2.34. The van der Waals surface area contributed by atoms with Crippen molar-refractivity contribution in [1.29, 1.82) is 0 Å². The van der Waals surface area contributed by atoms with Crippen LogP contribution in [-0.2, 0) is 9.59 Å². The molecule has 0 saturated carbocycles. The van der Waals surface area contributed by atoms with Crippen LogP contribution in [-0.4, -0.2) is 66.3 Å². The summed E-state index contributed by atoms with van der Waals surface area (Å²) in [6.45, 7) is 8.84. The molecule has 1 saturated heterocycles. The molecular formula is C25H37N3O2. The fourth-order valence-electron chi connectivity index (χ4n) is 4.51. The van der Waals surface area contributed by atoms with E-state index in [1.54, 1.807) is 0 Å². The van der Waals surface area contributed by atoms with Crippen molar-refractivity contribution in [2.24, 2.45) is 0 Å². The highest BCUT2D eigenvalue weighted by Gasteiger charge is 2.42. The van der Waals surface area contributed by atoms with E-state index >= 15 is 0 Å². The van der Waals surface area contributed by atoms with Crippen LogP contribution in [0.2, 0.25) is 0 Å². The molecule has 0 atom stereocenters. The summed E-state index contributed by atoms with van der Waals surface area (Å²) in [6, 6.07) is 6.38. The van der Waals surface area contributed by atoms with Crippen LogP contribution in [0.4, 0.5) is 0 Å². The molecule has 164 valence electrons. The molecule has 0 aliphatic carbocycles. The summed E-state index contributed by atoms with van der Waals surface area (Å²) in [5.74, 6) is -0.249. The van der Waals surface area contributed by atoms with Gasteiger partial charge in [-0.2, -0.15) is 0 Å². The van der Waals surface area contributed by atoms with Gasteiger partial charge in [0.1, 0.15) is 5.70 Å². The van der Waals surface area contributed by atoms with Crippen LogP contribution in [0.3, 0.4) is 0 Å². The number of carbonyl (C=O) groups excluding carboxylic acids is 2. The first-order valence-corrected chi connectivity index (χ1v) is 11.4. The van der Waals surface area contributed by atoms with E-state index in [-0.39, 0.29) is 17.9 Å². The average Bonchev–Trinajstić information content (AvgIpc) is 2.97. The number of benzene rings is 1. The van der Waals surface area contributed by atoms with Crippen molar-refractivity contribution in [3.63, 3.8) is 0 Å².